The Bertz CT molecular complexity index is 945. The summed E-state index contributed by atoms with van der Waals surface area (Å²) in [5, 5.41) is 5.57. The van der Waals surface area contributed by atoms with Crippen molar-refractivity contribution in [1.29, 1.82) is 0 Å². The molecule has 1 unspecified atom stereocenters. The number of anilines is 1. The monoisotopic (exact) mass is 372 g/mol. The van der Waals surface area contributed by atoms with Crippen LogP contribution in [0.4, 0.5) is 5.69 Å². The summed E-state index contributed by atoms with van der Waals surface area (Å²) in [4.78, 5) is 47.4. The molecule has 8 nitrogen and oxygen atoms in total. The van der Waals surface area contributed by atoms with Crippen molar-refractivity contribution in [1.82, 2.24) is 14.5 Å². The number of nitrogens with zero attached hydrogens (tertiary/aromatic N) is 2. The number of aromatic nitrogens is 2. The van der Waals surface area contributed by atoms with E-state index in [-0.39, 0.29) is 30.8 Å². The molecule has 1 aromatic carbocycles. The van der Waals surface area contributed by atoms with Crippen molar-refractivity contribution >= 4 is 17.5 Å². The van der Waals surface area contributed by atoms with E-state index in [0.29, 0.717) is 5.69 Å². The summed E-state index contributed by atoms with van der Waals surface area (Å²) in [6.07, 6.45) is 2.06. The number of hydrogen-bond acceptors (Lipinski definition) is 4. The van der Waals surface area contributed by atoms with Gasteiger partial charge >= 0.3 is 5.69 Å². The van der Waals surface area contributed by atoms with Gasteiger partial charge < -0.3 is 10.6 Å². The van der Waals surface area contributed by atoms with Crippen LogP contribution in [0.3, 0.4) is 0 Å². The Morgan fingerprint density at radius 2 is 1.93 bits per heavy atom. The fraction of sp³-hybridized carbons (Fsp3) is 0.368. The molecule has 0 saturated carbocycles. The lowest BCUT2D eigenvalue weighted by atomic mass is 10.1. The third kappa shape index (κ3) is 5.40. The summed E-state index contributed by atoms with van der Waals surface area (Å²) >= 11 is 0. The maximum atomic E-state index is 12.1. The van der Waals surface area contributed by atoms with Crippen molar-refractivity contribution in [3.05, 3.63) is 62.9 Å². The quantitative estimate of drug-likeness (QED) is 0.752. The molecular weight excluding hydrogens is 348 g/mol. The van der Waals surface area contributed by atoms with Gasteiger partial charge in [0.2, 0.25) is 11.8 Å². The molecule has 0 radical (unpaired) electrons. The summed E-state index contributed by atoms with van der Waals surface area (Å²) in [7, 11) is 1.36. The van der Waals surface area contributed by atoms with Gasteiger partial charge in [-0.25, -0.2) is 4.79 Å². The second kappa shape index (κ2) is 8.98. The van der Waals surface area contributed by atoms with Gasteiger partial charge in [0.25, 0.3) is 5.56 Å². The van der Waals surface area contributed by atoms with Crippen molar-refractivity contribution in [3.8, 4) is 0 Å². The number of amides is 2. The molecule has 0 fully saturated rings. The Hall–Kier alpha value is -3.16. The molecule has 2 aromatic rings. The smallest absolute Gasteiger partial charge is 0.331 e. The minimum absolute atomic E-state index is 0.0484. The summed E-state index contributed by atoms with van der Waals surface area (Å²) in [6, 6.07) is 8.44. The maximum Gasteiger partial charge on any atom is 0.331 e. The van der Waals surface area contributed by atoms with Gasteiger partial charge in [-0.1, -0.05) is 26.0 Å². The highest BCUT2D eigenvalue weighted by Crippen LogP contribution is 2.13. The summed E-state index contributed by atoms with van der Waals surface area (Å²) in [5.74, 6) is -0.481. The second-order valence-electron chi connectivity index (χ2n) is 6.40. The van der Waals surface area contributed by atoms with Gasteiger partial charge in [0, 0.05) is 37.5 Å². The molecule has 0 spiro atoms. The average Bonchev–Trinajstić information content (AvgIpc) is 2.66. The number of rotatable bonds is 7. The Kier molecular flexibility index (Phi) is 6.70. The van der Waals surface area contributed by atoms with Crippen LogP contribution in [0.5, 0.6) is 0 Å². The Labute approximate surface area is 156 Å². The van der Waals surface area contributed by atoms with Gasteiger partial charge in [0.15, 0.2) is 0 Å². The fourth-order valence-electron chi connectivity index (χ4n) is 2.36. The molecular formula is C19H24N4O4. The van der Waals surface area contributed by atoms with E-state index in [2.05, 4.69) is 10.6 Å². The zero-order valence-electron chi connectivity index (χ0n) is 15.7. The van der Waals surface area contributed by atoms with E-state index < -0.39 is 11.2 Å². The SMILES string of the molecule is CCC(C)C(=O)Nc1cccc(CNC(=O)Cn2ccc(=O)n(C)c2=O)c1. The molecule has 27 heavy (non-hydrogen) atoms. The molecule has 1 aromatic heterocycles. The van der Waals surface area contributed by atoms with Crippen molar-refractivity contribution in [2.24, 2.45) is 13.0 Å². The number of carbonyl (C=O) groups is 2. The predicted octanol–water partition coefficient (Wildman–Crippen LogP) is 0.848. The van der Waals surface area contributed by atoms with Gasteiger partial charge in [0.05, 0.1) is 0 Å². The Morgan fingerprint density at radius 1 is 1.19 bits per heavy atom. The molecule has 1 heterocycles. The van der Waals surface area contributed by atoms with Gasteiger partial charge in [0.1, 0.15) is 6.54 Å². The molecule has 144 valence electrons. The molecule has 0 aliphatic heterocycles. The van der Waals surface area contributed by atoms with Crippen LogP contribution in [0.2, 0.25) is 0 Å². The van der Waals surface area contributed by atoms with Crippen LogP contribution in [0.1, 0.15) is 25.8 Å². The standard InChI is InChI=1S/C19H24N4O4/c1-4-13(2)18(26)21-15-7-5-6-14(10-15)11-20-16(24)12-23-9-8-17(25)22(3)19(23)27/h5-10,13H,4,11-12H2,1-3H3,(H,20,24)(H,21,26). The third-order valence-electron chi connectivity index (χ3n) is 4.32. The molecule has 1 atom stereocenters. The molecule has 2 N–H and O–H groups in total. The van der Waals surface area contributed by atoms with Crippen LogP contribution >= 0.6 is 0 Å². The largest absolute Gasteiger partial charge is 0.350 e. The van der Waals surface area contributed by atoms with E-state index in [4.69, 9.17) is 0 Å². The zero-order chi connectivity index (χ0) is 20.0. The van der Waals surface area contributed by atoms with E-state index in [1.165, 1.54) is 23.9 Å². The van der Waals surface area contributed by atoms with Gasteiger partial charge in [-0.05, 0) is 24.1 Å². The number of carbonyl (C=O) groups excluding carboxylic acids is 2. The third-order valence-corrected chi connectivity index (χ3v) is 4.32. The number of hydrogen-bond donors (Lipinski definition) is 2. The molecule has 8 heteroatoms. The highest BCUT2D eigenvalue weighted by Gasteiger charge is 2.11. The predicted molar refractivity (Wildman–Crippen MR) is 102 cm³/mol. The van der Waals surface area contributed by atoms with Crippen molar-refractivity contribution < 1.29 is 9.59 Å². The molecule has 0 aliphatic rings. The first-order valence-corrected chi connectivity index (χ1v) is 8.74. The van der Waals surface area contributed by atoms with E-state index >= 15 is 0 Å². The minimum atomic E-state index is -0.549. The minimum Gasteiger partial charge on any atom is -0.350 e. The number of benzene rings is 1. The van der Waals surface area contributed by atoms with Crippen LogP contribution < -0.4 is 21.9 Å². The maximum absolute atomic E-state index is 12.1. The lowest BCUT2D eigenvalue weighted by molar-refractivity contribution is -0.122. The lowest BCUT2D eigenvalue weighted by Gasteiger charge is -2.12. The normalized spacial score (nSPS) is 11.7. The van der Waals surface area contributed by atoms with Gasteiger partial charge in [-0.3, -0.25) is 23.5 Å². The first kappa shape index (κ1) is 20.2. The highest BCUT2D eigenvalue weighted by atomic mass is 16.2. The fourth-order valence-corrected chi connectivity index (χ4v) is 2.36. The van der Waals surface area contributed by atoms with E-state index in [0.717, 1.165) is 16.6 Å². The molecule has 2 amide bonds. The second-order valence-corrected chi connectivity index (χ2v) is 6.40. The molecule has 0 bridgehead atoms. The molecule has 2 rings (SSSR count). The van der Waals surface area contributed by atoms with Crippen LogP contribution in [0.15, 0.2) is 46.1 Å². The van der Waals surface area contributed by atoms with Crippen molar-refractivity contribution in [3.63, 3.8) is 0 Å². The summed E-state index contributed by atoms with van der Waals surface area (Å²) in [5.41, 5.74) is 0.514. The first-order chi connectivity index (χ1) is 12.8. The van der Waals surface area contributed by atoms with E-state index in [9.17, 15) is 19.2 Å². The van der Waals surface area contributed by atoms with Crippen LogP contribution in [0, 0.1) is 5.92 Å². The van der Waals surface area contributed by atoms with Crippen LogP contribution in [-0.2, 0) is 29.7 Å². The zero-order valence-corrected chi connectivity index (χ0v) is 15.7. The van der Waals surface area contributed by atoms with Crippen LogP contribution in [0.25, 0.3) is 0 Å². The lowest BCUT2D eigenvalue weighted by Crippen LogP contribution is -2.40. The van der Waals surface area contributed by atoms with E-state index in [1.54, 1.807) is 18.2 Å². The van der Waals surface area contributed by atoms with Gasteiger partial charge in [-0.2, -0.15) is 0 Å². The molecule has 0 saturated heterocycles. The summed E-state index contributed by atoms with van der Waals surface area (Å²) in [6.45, 7) is 3.89. The van der Waals surface area contributed by atoms with Gasteiger partial charge in [-0.15, -0.1) is 0 Å². The van der Waals surface area contributed by atoms with Crippen LogP contribution in [-0.4, -0.2) is 20.9 Å². The Balaban J connectivity index is 1.96. The highest BCUT2D eigenvalue weighted by molar-refractivity contribution is 5.92. The summed E-state index contributed by atoms with van der Waals surface area (Å²) < 4.78 is 2.11. The van der Waals surface area contributed by atoms with E-state index in [1.807, 2.05) is 19.9 Å². The molecule has 0 aliphatic carbocycles. The van der Waals surface area contributed by atoms with Crippen molar-refractivity contribution in [2.45, 2.75) is 33.4 Å². The number of nitrogens with one attached hydrogen (secondary N) is 2. The average molecular weight is 372 g/mol. The topological polar surface area (TPSA) is 102 Å². The first-order valence-electron chi connectivity index (χ1n) is 8.74. The Morgan fingerprint density at radius 3 is 2.63 bits per heavy atom. The van der Waals surface area contributed by atoms with Crippen molar-refractivity contribution in [2.75, 3.05) is 5.32 Å².